The number of halogens is 2. The molecule has 0 bridgehead atoms. The average molecular weight is 225 g/mol. The topological polar surface area (TPSA) is 12.0 Å². The van der Waals surface area contributed by atoms with Gasteiger partial charge in [0.1, 0.15) is 12.0 Å². The predicted octanol–water partition coefficient (Wildman–Crippen LogP) is 2.71. The maximum Gasteiger partial charge on any atom is 0.123 e. The smallest absolute Gasteiger partial charge is 0.123 e. The molecular weight excluding hydrogens is 208 g/mol. The number of rotatable bonds is 3. The molecule has 1 aromatic carbocycles. The Hall–Kier alpha value is -0.960. The van der Waals surface area contributed by atoms with Gasteiger partial charge in [-0.2, -0.15) is 0 Å². The lowest BCUT2D eigenvalue weighted by atomic mass is 9.89. The number of piperidine rings is 1. The normalized spacial score (nSPS) is 19.6. The van der Waals surface area contributed by atoms with Crippen molar-refractivity contribution in [1.82, 2.24) is 5.32 Å². The predicted molar refractivity (Wildman–Crippen MR) is 60.6 cm³/mol. The summed E-state index contributed by atoms with van der Waals surface area (Å²) in [6, 6.07) is 6.13. The van der Waals surface area contributed by atoms with Crippen LogP contribution in [0.4, 0.5) is 8.78 Å². The Morgan fingerprint density at radius 3 is 2.44 bits per heavy atom. The zero-order valence-electron chi connectivity index (χ0n) is 9.26. The minimum absolute atomic E-state index is 0.159. The molecule has 1 saturated heterocycles. The second-order valence-electron chi connectivity index (χ2n) is 4.43. The van der Waals surface area contributed by atoms with Gasteiger partial charge in [0, 0.05) is 6.42 Å². The van der Waals surface area contributed by atoms with Crippen LogP contribution in [0.1, 0.15) is 18.4 Å². The average Bonchev–Trinajstić information content (AvgIpc) is 2.33. The van der Waals surface area contributed by atoms with Crippen molar-refractivity contribution in [3.8, 4) is 0 Å². The quantitative estimate of drug-likeness (QED) is 0.834. The van der Waals surface area contributed by atoms with Gasteiger partial charge in [0.25, 0.3) is 0 Å². The molecule has 1 unspecified atom stereocenters. The fourth-order valence-corrected chi connectivity index (χ4v) is 2.22. The van der Waals surface area contributed by atoms with Gasteiger partial charge in [-0.3, -0.25) is 0 Å². The van der Waals surface area contributed by atoms with Gasteiger partial charge in [-0.05, 0) is 49.5 Å². The zero-order chi connectivity index (χ0) is 11.4. The van der Waals surface area contributed by atoms with E-state index in [-0.39, 0.29) is 11.7 Å². The van der Waals surface area contributed by atoms with E-state index in [9.17, 15) is 8.78 Å². The van der Waals surface area contributed by atoms with Crippen LogP contribution in [0.15, 0.2) is 24.3 Å². The highest BCUT2D eigenvalue weighted by Gasteiger charge is 2.23. The first kappa shape index (κ1) is 11.5. The maximum atomic E-state index is 14.0. The SMILES string of the molecule is Fc1ccc(CC(F)C2CCNCC2)cc1. The van der Waals surface area contributed by atoms with Crippen LogP contribution < -0.4 is 5.32 Å². The van der Waals surface area contributed by atoms with Gasteiger partial charge in [-0.1, -0.05) is 12.1 Å². The Bertz CT molecular complexity index is 317. The van der Waals surface area contributed by atoms with Crippen LogP contribution in [0.25, 0.3) is 0 Å². The third-order valence-corrected chi connectivity index (χ3v) is 3.24. The second-order valence-corrected chi connectivity index (χ2v) is 4.43. The molecular formula is C13H17F2N. The number of hydrogen-bond acceptors (Lipinski definition) is 1. The highest BCUT2D eigenvalue weighted by Crippen LogP contribution is 2.22. The van der Waals surface area contributed by atoms with E-state index >= 15 is 0 Å². The molecule has 1 atom stereocenters. The molecule has 1 aliphatic rings. The first-order valence-electron chi connectivity index (χ1n) is 5.85. The molecule has 0 radical (unpaired) electrons. The van der Waals surface area contributed by atoms with Crippen molar-refractivity contribution in [2.24, 2.45) is 5.92 Å². The van der Waals surface area contributed by atoms with Crippen molar-refractivity contribution >= 4 is 0 Å². The van der Waals surface area contributed by atoms with Gasteiger partial charge in [0.2, 0.25) is 0 Å². The molecule has 0 aliphatic carbocycles. The summed E-state index contributed by atoms with van der Waals surface area (Å²) in [6.07, 6.45) is 1.42. The molecule has 1 N–H and O–H groups in total. The summed E-state index contributed by atoms with van der Waals surface area (Å²) >= 11 is 0. The van der Waals surface area contributed by atoms with Crippen LogP contribution in [-0.2, 0) is 6.42 Å². The molecule has 0 amide bonds. The van der Waals surface area contributed by atoms with Crippen molar-refractivity contribution in [2.45, 2.75) is 25.4 Å². The summed E-state index contributed by atoms with van der Waals surface area (Å²) in [4.78, 5) is 0. The van der Waals surface area contributed by atoms with Crippen LogP contribution >= 0.6 is 0 Å². The van der Waals surface area contributed by atoms with E-state index in [4.69, 9.17) is 0 Å². The lowest BCUT2D eigenvalue weighted by Crippen LogP contribution is -2.33. The van der Waals surface area contributed by atoms with Crippen molar-refractivity contribution < 1.29 is 8.78 Å². The third kappa shape index (κ3) is 3.01. The largest absolute Gasteiger partial charge is 0.317 e. The highest BCUT2D eigenvalue weighted by atomic mass is 19.1. The summed E-state index contributed by atoms with van der Waals surface area (Å²) in [6.45, 7) is 1.82. The molecule has 1 aliphatic heterocycles. The minimum atomic E-state index is -0.799. The first-order chi connectivity index (χ1) is 7.75. The Balaban J connectivity index is 1.90. The molecule has 1 nitrogen and oxygen atoms in total. The highest BCUT2D eigenvalue weighted by molar-refractivity contribution is 5.17. The Labute approximate surface area is 94.9 Å². The van der Waals surface area contributed by atoms with Crippen molar-refractivity contribution in [2.75, 3.05) is 13.1 Å². The molecule has 1 heterocycles. The summed E-state index contributed by atoms with van der Waals surface area (Å²) < 4.78 is 26.6. The first-order valence-corrected chi connectivity index (χ1v) is 5.85. The van der Waals surface area contributed by atoms with E-state index in [0.29, 0.717) is 6.42 Å². The molecule has 88 valence electrons. The molecule has 0 spiro atoms. The van der Waals surface area contributed by atoms with E-state index < -0.39 is 6.17 Å². The molecule has 0 saturated carbocycles. The Morgan fingerprint density at radius 2 is 1.81 bits per heavy atom. The number of benzene rings is 1. The summed E-state index contributed by atoms with van der Waals surface area (Å²) in [5.74, 6) is -0.104. The summed E-state index contributed by atoms with van der Waals surface area (Å²) in [5.41, 5.74) is 0.882. The van der Waals surface area contributed by atoms with E-state index in [2.05, 4.69) is 5.32 Å². The molecule has 2 rings (SSSR count). The van der Waals surface area contributed by atoms with E-state index in [1.165, 1.54) is 12.1 Å². The molecule has 16 heavy (non-hydrogen) atoms. The van der Waals surface area contributed by atoms with Crippen LogP contribution in [0, 0.1) is 11.7 Å². The molecule has 1 fully saturated rings. The van der Waals surface area contributed by atoms with Crippen LogP contribution in [0.5, 0.6) is 0 Å². The number of nitrogens with one attached hydrogen (secondary N) is 1. The van der Waals surface area contributed by atoms with E-state index in [1.807, 2.05) is 0 Å². The van der Waals surface area contributed by atoms with Gasteiger partial charge < -0.3 is 5.32 Å². The van der Waals surface area contributed by atoms with E-state index in [1.54, 1.807) is 12.1 Å². The maximum absolute atomic E-state index is 14.0. The Kier molecular flexibility index (Phi) is 3.88. The lowest BCUT2D eigenvalue weighted by molar-refractivity contribution is 0.187. The molecule has 0 aromatic heterocycles. The van der Waals surface area contributed by atoms with Crippen LogP contribution in [0.2, 0.25) is 0 Å². The van der Waals surface area contributed by atoms with Gasteiger partial charge in [-0.25, -0.2) is 8.78 Å². The second kappa shape index (κ2) is 5.39. The monoisotopic (exact) mass is 225 g/mol. The van der Waals surface area contributed by atoms with Gasteiger partial charge in [0.15, 0.2) is 0 Å². The van der Waals surface area contributed by atoms with Gasteiger partial charge in [-0.15, -0.1) is 0 Å². The van der Waals surface area contributed by atoms with Gasteiger partial charge >= 0.3 is 0 Å². The zero-order valence-corrected chi connectivity index (χ0v) is 9.26. The molecule has 1 aromatic rings. The van der Waals surface area contributed by atoms with Crippen molar-refractivity contribution in [1.29, 1.82) is 0 Å². The van der Waals surface area contributed by atoms with Gasteiger partial charge in [0.05, 0.1) is 0 Å². The molecule has 3 heteroatoms. The summed E-state index contributed by atoms with van der Waals surface area (Å²) in [5, 5.41) is 3.22. The van der Waals surface area contributed by atoms with Crippen LogP contribution in [0.3, 0.4) is 0 Å². The third-order valence-electron chi connectivity index (χ3n) is 3.24. The van der Waals surface area contributed by atoms with Crippen molar-refractivity contribution in [3.63, 3.8) is 0 Å². The van der Waals surface area contributed by atoms with Crippen LogP contribution in [-0.4, -0.2) is 19.3 Å². The summed E-state index contributed by atoms with van der Waals surface area (Å²) in [7, 11) is 0. The Morgan fingerprint density at radius 1 is 1.19 bits per heavy atom. The lowest BCUT2D eigenvalue weighted by Gasteiger charge is -2.25. The fraction of sp³-hybridized carbons (Fsp3) is 0.538. The standard InChI is InChI=1S/C13H17F2N/c14-12-3-1-10(2-4-12)9-13(15)11-5-7-16-8-6-11/h1-4,11,13,16H,5-9H2. The minimum Gasteiger partial charge on any atom is -0.317 e. The number of alkyl halides is 1. The van der Waals surface area contributed by atoms with Crippen molar-refractivity contribution in [3.05, 3.63) is 35.6 Å². The van der Waals surface area contributed by atoms with E-state index in [0.717, 1.165) is 31.5 Å². The fourth-order valence-electron chi connectivity index (χ4n) is 2.22. The number of hydrogen-bond donors (Lipinski definition) is 1.